The molecule has 5 heteroatoms. The van der Waals surface area contributed by atoms with E-state index in [9.17, 15) is 9.59 Å². The van der Waals surface area contributed by atoms with Gasteiger partial charge < -0.3 is 10.1 Å². The maximum Gasteiger partial charge on any atom is 0.338 e. The lowest BCUT2D eigenvalue weighted by molar-refractivity contribution is -0.124. The van der Waals surface area contributed by atoms with Crippen LogP contribution in [0.1, 0.15) is 32.8 Å². The predicted octanol–water partition coefficient (Wildman–Crippen LogP) is 2.71. The summed E-state index contributed by atoms with van der Waals surface area (Å²) < 4.78 is 5.07. The lowest BCUT2D eigenvalue weighted by Gasteiger charge is -2.07. The summed E-state index contributed by atoms with van der Waals surface area (Å²) in [6.07, 6.45) is 3.23. The number of carbonyl (C=O) groups excluding carboxylic acids is 2. The molecule has 1 aliphatic rings. The number of aryl methyl sites for hydroxylation is 2. The standard InChI is InChI=1S/C17H17NO3S/c19-16(18-10-15-5-2-8-22-15)11-21-17(20)14-7-6-12-3-1-4-13(12)9-14/h2,5-9H,1,3-4,10-11H2,(H,18,19). The number of thiophene rings is 1. The van der Waals surface area contributed by atoms with Crippen LogP contribution in [0.5, 0.6) is 0 Å². The molecule has 0 bridgehead atoms. The molecule has 0 saturated heterocycles. The lowest BCUT2D eigenvalue weighted by Crippen LogP contribution is -2.28. The Hall–Kier alpha value is -2.14. The van der Waals surface area contributed by atoms with Crippen molar-refractivity contribution >= 4 is 23.2 Å². The van der Waals surface area contributed by atoms with Gasteiger partial charge in [-0.25, -0.2) is 4.79 Å². The summed E-state index contributed by atoms with van der Waals surface area (Å²) in [5, 5.41) is 4.68. The first kappa shape index (κ1) is 14.8. The average Bonchev–Trinajstić information content (AvgIpc) is 3.20. The fourth-order valence-electron chi connectivity index (χ4n) is 2.56. The fourth-order valence-corrected chi connectivity index (χ4v) is 3.21. The second-order valence-electron chi connectivity index (χ2n) is 5.27. The van der Waals surface area contributed by atoms with E-state index in [0.29, 0.717) is 12.1 Å². The van der Waals surface area contributed by atoms with Crippen LogP contribution >= 0.6 is 11.3 Å². The van der Waals surface area contributed by atoms with E-state index in [1.54, 1.807) is 17.4 Å². The minimum Gasteiger partial charge on any atom is -0.452 e. The molecule has 1 aliphatic carbocycles. The van der Waals surface area contributed by atoms with Crippen LogP contribution in [0.4, 0.5) is 0 Å². The van der Waals surface area contributed by atoms with Gasteiger partial charge in [0.15, 0.2) is 6.61 Å². The zero-order chi connectivity index (χ0) is 15.4. The molecule has 1 aromatic carbocycles. The number of ether oxygens (including phenoxy) is 1. The first-order valence-electron chi connectivity index (χ1n) is 7.30. The van der Waals surface area contributed by atoms with Crippen molar-refractivity contribution < 1.29 is 14.3 Å². The monoisotopic (exact) mass is 315 g/mol. The third-order valence-electron chi connectivity index (χ3n) is 3.71. The first-order valence-corrected chi connectivity index (χ1v) is 8.18. The predicted molar refractivity (Wildman–Crippen MR) is 84.9 cm³/mol. The highest BCUT2D eigenvalue weighted by Crippen LogP contribution is 2.23. The third kappa shape index (κ3) is 3.54. The minimum absolute atomic E-state index is 0.249. The van der Waals surface area contributed by atoms with E-state index in [0.717, 1.165) is 24.1 Å². The molecule has 0 atom stereocenters. The number of rotatable bonds is 5. The summed E-state index contributed by atoms with van der Waals surface area (Å²) in [5.74, 6) is -0.733. The van der Waals surface area contributed by atoms with E-state index >= 15 is 0 Å². The molecule has 1 amide bonds. The number of esters is 1. The van der Waals surface area contributed by atoms with E-state index in [2.05, 4.69) is 5.32 Å². The maximum absolute atomic E-state index is 12.0. The van der Waals surface area contributed by atoms with Crippen LogP contribution in [0, 0.1) is 0 Å². The Morgan fingerprint density at radius 2 is 2.05 bits per heavy atom. The van der Waals surface area contributed by atoms with Crippen molar-refractivity contribution in [1.82, 2.24) is 5.32 Å². The average molecular weight is 315 g/mol. The topological polar surface area (TPSA) is 55.4 Å². The third-order valence-corrected chi connectivity index (χ3v) is 4.58. The van der Waals surface area contributed by atoms with Gasteiger partial charge in [-0.2, -0.15) is 0 Å². The van der Waals surface area contributed by atoms with Crippen molar-refractivity contribution in [3.63, 3.8) is 0 Å². The van der Waals surface area contributed by atoms with Gasteiger partial charge in [0, 0.05) is 4.88 Å². The Kier molecular flexibility index (Phi) is 4.53. The number of amides is 1. The number of nitrogens with one attached hydrogen (secondary N) is 1. The molecule has 0 radical (unpaired) electrons. The van der Waals surface area contributed by atoms with Gasteiger partial charge in [0.2, 0.25) is 0 Å². The molecule has 1 aromatic heterocycles. The van der Waals surface area contributed by atoms with Crippen molar-refractivity contribution in [1.29, 1.82) is 0 Å². The van der Waals surface area contributed by atoms with Crippen molar-refractivity contribution in [2.24, 2.45) is 0 Å². The molecule has 0 unspecified atom stereocenters. The zero-order valence-corrected chi connectivity index (χ0v) is 12.9. The second-order valence-corrected chi connectivity index (χ2v) is 6.30. The van der Waals surface area contributed by atoms with Crippen LogP contribution in [0.15, 0.2) is 35.7 Å². The quantitative estimate of drug-likeness (QED) is 0.863. The van der Waals surface area contributed by atoms with Gasteiger partial charge in [0.25, 0.3) is 5.91 Å². The minimum atomic E-state index is -0.444. The van der Waals surface area contributed by atoms with Crippen molar-refractivity contribution in [2.75, 3.05) is 6.61 Å². The van der Waals surface area contributed by atoms with Gasteiger partial charge >= 0.3 is 5.97 Å². The molecule has 0 aliphatic heterocycles. The van der Waals surface area contributed by atoms with E-state index < -0.39 is 5.97 Å². The van der Waals surface area contributed by atoms with E-state index in [1.807, 2.05) is 29.6 Å². The Morgan fingerprint density at radius 1 is 1.18 bits per heavy atom. The second kappa shape index (κ2) is 6.75. The Labute approximate surface area is 133 Å². The highest BCUT2D eigenvalue weighted by atomic mass is 32.1. The molecule has 1 heterocycles. The van der Waals surface area contributed by atoms with E-state index in [-0.39, 0.29) is 12.5 Å². The van der Waals surface area contributed by atoms with Gasteiger partial charge in [0.05, 0.1) is 12.1 Å². The molecule has 0 fully saturated rings. The SMILES string of the molecule is O=C(COC(=O)c1ccc2c(c1)CCC2)NCc1cccs1. The summed E-state index contributed by atoms with van der Waals surface area (Å²) in [6.45, 7) is 0.216. The molecular weight excluding hydrogens is 298 g/mol. The summed E-state index contributed by atoms with van der Waals surface area (Å²) >= 11 is 1.58. The van der Waals surface area contributed by atoms with E-state index in [1.165, 1.54) is 11.1 Å². The van der Waals surface area contributed by atoms with Gasteiger partial charge in [0.1, 0.15) is 0 Å². The van der Waals surface area contributed by atoms with Gasteiger partial charge in [-0.05, 0) is 54.0 Å². The molecule has 4 nitrogen and oxygen atoms in total. The molecule has 1 N–H and O–H groups in total. The maximum atomic E-state index is 12.0. The number of hydrogen-bond acceptors (Lipinski definition) is 4. The van der Waals surface area contributed by atoms with Crippen molar-refractivity contribution in [3.05, 3.63) is 57.3 Å². The van der Waals surface area contributed by atoms with Crippen LogP contribution in [0.3, 0.4) is 0 Å². The molecule has 0 saturated carbocycles. The number of fused-ring (bicyclic) bond motifs is 1. The zero-order valence-electron chi connectivity index (χ0n) is 12.1. The van der Waals surface area contributed by atoms with Gasteiger partial charge in [-0.1, -0.05) is 12.1 Å². The summed E-state index contributed by atoms with van der Waals surface area (Å²) in [4.78, 5) is 24.7. The Balaban J connectivity index is 1.48. The highest BCUT2D eigenvalue weighted by molar-refractivity contribution is 7.09. The smallest absolute Gasteiger partial charge is 0.338 e. The van der Waals surface area contributed by atoms with Crippen LogP contribution in [-0.2, 0) is 28.9 Å². The van der Waals surface area contributed by atoms with Crippen LogP contribution < -0.4 is 5.32 Å². The molecule has 114 valence electrons. The molecule has 22 heavy (non-hydrogen) atoms. The molecule has 3 rings (SSSR count). The summed E-state index contributed by atoms with van der Waals surface area (Å²) in [5.41, 5.74) is 3.05. The van der Waals surface area contributed by atoms with Gasteiger partial charge in [-0.15, -0.1) is 11.3 Å². The highest BCUT2D eigenvalue weighted by Gasteiger charge is 2.15. The normalized spacial score (nSPS) is 12.7. The van der Waals surface area contributed by atoms with Crippen LogP contribution in [-0.4, -0.2) is 18.5 Å². The summed E-state index contributed by atoms with van der Waals surface area (Å²) in [6, 6.07) is 9.52. The van der Waals surface area contributed by atoms with Crippen molar-refractivity contribution in [2.45, 2.75) is 25.8 Å². The van der Waals surface area contributed by atoms with Crippen LogP contribution in [0.25, 0.3) is 0 Å². The van der Waals surface area contributed by atoms with E-state index in [4.69, 9.17) is 4.74 Å². The molecule has 0 spiro atoms. The first-order chi connectivity index (χ1) is 10.7. The van der Waals surface area contributed by atoms with Crippen LogP contribution in [0.2, 0.25) is 0 Å². The largest absolute Gasteiger partial charge is 0.452 e. The number of hydrogen-bond donors (Lipinski definition) is 1. The number of benzene rings is 1. The summed E-state index contributed by atoms with van der Waals surface area (Å²) in [7, 11) is 0. The molecule has 2 aromatic rings. The number of carbonyl (C=O) groups is 2. The lowest BCUT2D eigenvalue weighted by atomic mass is 10.1. The van der Waals surface area contributed by atoms with Gasteiger partial charge in [-0.3, -0.25) is 4.79 Å². The van der Waals surface area contributed by atoms with Crippen molar-refractivity contribution in [3.8, 4) is 0 Å². The Morgan fingerprint density at radius 3 is 2.86 bits per heavy atom. The molecular formula is C17H17NO3S. The fraction of sp³-hybridized carbons (Fsp3) is 0.294. The Bertz CT molecular complexity index is 679.